The summed E-state index contributed by atoms with van der Waals surface area (Å²) >= 11 is 0. The SMILES string of the molecule is CNc1ccccc1NCCCCN1CCC2(CC1)OCc1ccccc12. The van der Waals surface area contributed by atoms with Crippen molar-refractivity contribution in [2.45, 2.75) is 37.9 Å². The van der Waals surface area contributed by atoms with Crippen molar-refractivity contribution in [2.24, 2.45) is 0 Å². The van der Waals surface area contributed by atoms with Gasteiger partial charge >= 0.3 is 0 Å². The quantitative estimate of drug-likeness (QED) is 0.711. The molecule has 1 fully saturated rings. The summed E-state index contributed by atoms with van der Waals surface area (Å²) in [5.41, 5.74) is 5.18. The minimum absolute atomic E-state index is 0.00842. The third kappa shape index (κ3) is 3.97. The highest BCUT2D eigenvalue weighted by Crippen LogP contribution is 2.43. The Balaban J connectivity index is 1.19. The maximum Gasteiger partial charge on any atom is 0.0963 e. The topological polar surface area (TPSA) is 36.5 Å². The van der Waals surface area contributed by atoms with Gasteiger partial charge in [0, 0.05) is 26.7 Å². The van der Waals surface area contributed by atoms with Gasteiger partial charge in [-0.25, -0.2) is 0 Å². The van der Waals surface area contributed by atoms with Crippen molar-refractivity contribution in [3.63, 3.8) is 0 Å². The first-order valence-electron chi connectivity index (χ1n) is 10.3. The molecule has 0 amide bonds. The second-order valence-electron chi connectivity index (χ2n) is 7.71. The van der Waals surface area contributed by atoms with Crippen LogP contribution in [0.15, 0.2) is 48.5 Å². The van der Waals surface area contributed by atoms with Crippen LogP contribution in [0.3, 0.4) is 0 Å². The van der Waals surface area contributed by atoms with Crippen molar-refractivity contribution in [1.82, 2.24) is 4.90 Å². The molecule has 2 aliphatic heterocycles. The summed E-state index contributed by atoms with van der Waals surface area (Å²) in [6.45, 7) is 5.28. The molecule has 2 heterocycles. The lowest BCUT2D eigenvalue weighted by atomic mass is 9.84. The summed E-state index contributed by atoms with van der Waals surface area (Å²) in [5.74, 6) is 0. The molecule has 2 aliphatic rings. The average molecular weight is 366 g/mol. The van der Waals surface area contributed by atoms with Crippen molar-refractivity contribution < 1.29 is 4.74 Å². The summed E-state index contributed by atoms with van der Waals surface area (Å²) < 4.78 is 6.27. The zero-order chi connectivity index (χ0) is 18.5. The van der Waals surface area contributed by atoms with Crippen molar-refractivity contribution in [2.75, 3.05) is 43.9 Å². The molecule has 4 heteroatoms. The molecule has 1 saturated heterocycles. The molecule has 2 aromatic rings. The minimum atomic E-state index is -0.00842. The number of anilines is 2. The van der Waals surface area contributed by atoms with Gasteiger partial charge in [0.05, 0.1) is 23.6 Å². The van der Waals surface area contributed by atoms with Gasteiger partial charge in [-0.05, 0) is 55.5 Å². The van der Waals surface area contributed by atoms with Crippen LogP contribution >= 0.6 is 0 Å². The standard InChI is InChI=1S/C23H31N3O/c1-24-21-10-4-5-11-22(21)25-14-6-7-15-26-16-12-23(13-17-26)20-9-3-2-8-19(20)18-27-23/h2-5,8-11,24-25H,6-7,12-18H2,1H3. The van der Waals surface area contributed by atoms with Crippen LogP contribution in [0.4, 0.5) is 11.4 Å². The largest absolute Gasteiger partial charge is 0.386 e. The maximum absolute atomic E-state index is 6.27. The Hall–Kier alpha value is -2.04. The Kier molecular flexibility index (Phi) is 5.65. The summed E-state index contributed by atoms with van der Waals surface area (Å²) in [6, 6.07) is 17.1. The van der Waals surface area contributed by atoms with E-state index in [-0.39, 0.29) is 5.60 Å². The third-order valence-corrected chi connectivity index (χ3v) is 6.09. The predicted molar refractivity (Wildman–Crippen MR) is 112 cm³/mol. The van der Waals surface area contributed by atoms with E-state index in [1.165, 1.54) is 36.2 Å². The number of fused-ring (bicyclic) bond motifs is 2. The number of benzene rings is 2. The number of unbranched alkanes of at least 4 members (excludes halogenated alkanes) is 1. The summed E-state index contributed by atoms with van der Waals surface area (Å²) in [7, 11) is 1.97. The molecule has 0 saturated carbocycles. The normalized spacial score (nSPS) is 18.4. The molecule has 0 radical (unpaired) electrons. The number of nitrogens with zero attached hydrogens (tertiary/aromatic N) is 1. The fourth-order valence-electron chi connectivity index (χ4n) is 4.47. The zero-order valence-electron chi connectivity index (χ0n) is 16.3. The van der Waals surface area contributed by atoms with E-state index >= 15 is 0 Å². The molecule has 0 aliphatic carbocycles. The van der Waals surface area contributed by atoms with E-state index in [2.05, 4.69) is 64.1 Å². The summed E-state index contributed by atoms with van der Waals surface area (Å²) in [6.07, 6.45) is 4.67. The van der Waals surface area contributed by atoms with E-state index in [0.29, 0.717) is 0 Å². The highest BCUT2D eigenvalue weighted by Gasteiger charge is 2.42. The Labute approximate surface area is 162 Å². The van der Waals surface area contributed by atoms with Crippen molar-refractivity contribution >= 4 is 11.4 Å². The van der Waals surface area contributed by atoms with Crippen LogP contribution in [-0.2, 0) is 16.9 Å². The van der Waals surface area contributed by atoms with Crippen molar-refractivity contribution in [3.8, 4) is 0 Å². The number of hydrogen-bond acceptors (Lipinski definition) is 4. The average Bonchev–Trinajstić information content (AvgIpc) is 3.08. The van der Waals surface area contributed by atoms with E-state index in [4.69, 9.17) is 4.74 Å². The molecular weight excluding hydrogens is 334 g/mol. The molecule has 4 rings (SSSR count). The number of hydrogen-bond donors (Lipinski definition) is 2. The lowest BCUT2D eigenvalue weighted by Crippen LogP contribution is -2.42. The number of para-hydroxylation sites is 2. The molecule has 0 bridgehead atoms. The minimum Gasteiger partial charge on any atom is -0.386 e. The Morgan fingerprint density at radius 3 is 2.52 bits per heavy atom. The van der Waals surface area contributed by atoms with Crippen LogP contribution in [0.25, 0.3) is 0 Å². The fraction of sp³-hybridized carbons (Fsp3) is 0.478. The van der Waals surface area contributed by atoms with Gasteiger partial charge in [0.25, 0.3) is 0 Å². The van der Waals surface area contributed by atoms with Crippen LogP contribution in [0.2, 0.25) is 0 Å². The lowest BCUT2D eigenvalue weighted by Gasteiger charge is -2.39. The molecule has 144 valence electrons. The summed E-state index contributed by atoms with van der Waals surface area (Å²) in [5, 5.41) is 6.79. The predicted octanol–water partition coefficient (Wildman–Crippen LogP) is 4.44. The Morgan fingerprint density at radius 2 is 1.70 bits per heavy atom. The van der Waals surface area contributed by atoms with Crippen LogP contribution in [-0.4, -0.2) is 38.1 Å². The summed E-state index contributed by atoms with van der Waals surface area (Å²) in [4.78, 5) is 2.61. The van der Waals surface area contributed by atoms with Gasteiger partial charge in [-0.2, -0.15) is 0 Å². The second-order valence-corrected chi connectivity index (χ2v) is 7.71. The highest BCUT2D eigenvalue weighted by molar-refractivity contribution is 5.68. The van der Waals surface area contributed by atoms with Gasteiger partial charge < -0.3 is 20.3 Å². The van der Waals surface area contributed by atoms with Gasteiger partial charge in [-0.15, -0.1) is 0 Å². The highest BCUT2D eigenvalue weighted by atomic mass is 16.5. The lowest BCUT2D eigenvalue weighted by molar-refractivity contribution is -0.0788. The number of nitrogens with one attached hydrogen (secondary N) is 2. The number of piperidine rings is 1. The molecule has 2 N–H and O–H groups in total. The Bertz CT molecular complexity index is 753. The monoisotopic (exact) mass is 365 g/mol. The van der Waals surface area contributed by atoms with Gasteiger partial charge in [-0.1, -0.05) is 36.4 Å². The van der Waals surface area contributed by atoms with E-state index in [1.807, 2.05) is 7.05 Å². The first-order chi connectivity index (χ1) is 13.3. The molecular formula is C23H31N3O. The number of ether oxygens (including phenoxy) is 1. The van der Waals surface area contributed by atoms with Crippen LogP contribution in [0.1, 0.15) is 36.8 Å². The fourth-order valence-corrected chi connectivity index (χ4v) is 4.47. The van der Waals surface area contributed by atoms with Gasteiger partial charge in [-0.3, -0.25) is 0 Å². The molecule has 0 atom stereocenters. The molecule has 0 unspecified atom stereocenters. The first-order valence-corrected chi connectivity index (χ1v) is 10.3. The number of likely N-dealkylation sites (tertiary alicyclic amines) is 1. The van der Waals surface area contributed by atoms with Crippen LogP contribution < -0.4 is 10.6 Å². The molecule has 0 aromatic heterocycles. The first kappa shape index (κ1) is 18.3. The van der Waals surface area contributed by atoms with Gasteiger partial charge in [0.15, 0.2) is 0 Å². The van der Waals surface area contributed by atoms with Crippen LogP contribution in [0.5, 0.6) is 0 Å². The van der Waals surface area contributed by atoms with E-state index in [1.54, 1.807) is 0 Å². The second kappa shape index (κ2) is 8.32. The third-order valence-electron chi connectivity index (χ3n) is 6.09. The Morgan fingerprint density at radius 1 is 0.963 bits per heavy atom. The van der Waals surface area contributed by atoms with E-state index < -0.39 is 0 Å². The van der Waals surface area contributed by atoms with Crippen LogP contribution in [0, 0.1) is 0 Å². The maximum atomic E-state index is 6.27. The number of rotatable bonds is 7. The molecule has 2 aromatic carbocycles. The zero-order valence-corrected chi connectivity index (χ0v) is 16.3. The molecule has 4 nitrogen and oxygen atoms in total. The van der Waals surface area contributed by atoms with E-state index in [0.717, 1.165) is 44.8 Å². The molecule has 27 heavy (non-hydrogen) atoms. The van der Waals surface area contributed by atoms with Crippen molar-refractivity contribution in [1.29, 1.82) is 0 Å². The molecule has 1 spiro atoms. The smallest absolute Gasteiger partial charge is 0.0963 e. The van der Waals surface area contributed by atoms with Gasteiger partial charge in [0.1, 0.15) is 0 Å². The van der Waals surface area contributed by atoms with E-state index in [9.17, 15) is 0 Å². The van der Waals surface area contributed by atoms with Gasteiger partial charge in [0.2, 0.25) is 0 Å². The van der Waals surface area contributed by atoms with Crippen molar-refractivity contribution in [3.05, 3.63) is 59.7 Å².